The lowest BCUT2D eigenvalue weighted by Crippen LogP contribution is -2.05. The van der Waals surface area contributed by atoms with Gasteiger partial charge in [-0.15, -0.1) is 0 Å². The summed E-state index contributed by atoms with van der Waals surface area (Å²) in [6.07, 6.45) is 3.93. The molecule has 0 fully saturated rings. The van der Waals surface area contributed by atoms with Gasteiger partial charge in [-0.25, -0.2) is 0 Å². The van der Waals surface area contributed by atoms with Crippen LogP contribution in [0.2, 0.25) is 0 Å². The molecule has 1 unspecified atom stereocenters. The van der Waals surface area contributed by atoms with Crippen molar-refractivity contribution >= 4 is 0 Å². The normalized spacial score (nSPS) is 13.6. The molecule has 0 saturated heterocycles. The van der Waals surface area contributed by atoms with Crippen molar-refractivity contribution in [2.45, 2.75) is 13.0 Å². The summed E-state index contributed by atoms with van der Waals surface area (Å²) in [7, 11) is 0. The summed E-state index contributed by atoms with van der Waals surface area (Å²) in [5, 5.41) is 0. The van der Waals surface area contributed by atoms with E-state index in [-0.39, 0.29) is 6.04 Å². The molecule has 0 spiro atoms. The second-order valence-electron chi connectivity index (χ2n) is 2.38. The summed E-state index contributed by atoms with van der Waals surface area (Å²) in [5.41, 5.74) is 6.93. The van der Waals surface area contributed by atoms with E-state index in [1.54, 1.807) is 0 Å². The van der Waals surface area contributed by atoms with Crippen LogP contribution in [-0.4, -0.2) is 0 Å². The number of hydrogen-bond acceptors (Lipinski definition) is 1. The molecule has 0 aromatic heterocycles. The Hall–Kier alpha value is -1.08. The Morgan fingerprint density at radius 1 is 1.45 bits per heavy atom. The van der Waals surface area contributed by atoms with E-state index in [9.17, 15) is 0 Å². The van der Waals surface area contributed by atoms with Crippen LogP contribution >= 0.6 is 0 Å². The largest absolute Gasteiger partial charge is 0.321 e. The zero-order valence-electron chi connectivity index (χ0n) is 6.62. The summed E-state index contributed by atoms with van der Waals surface area (Å²) in [5.74, 6) is 0. The van der Waals surface area contributed by atoms with Gasteiger partial charge in [-0.05, 0) is 18.6 Å². The van der Waals surface area contributed by atoms with Crippen molar-refractivity contribution in [3.63, 3.8) is 0 Å². The molecule has 1 radical (unpaired) electrons. The molecule has 0 amide bonds. The highest BCUT2D eigenvalue weighted by Gasteiger charge is 1.97. The Kier molecular flexibility index (Phi) is 2.87. The van der Waals surface area contributed by atoms with Crippen molar-refractivity contribution in [1.29, 1.82) is 0 Å². The first-order valence-corrected chi connectivity index (χ1v) is 3.69. The smallest absolute Gasteiger partial charge is 0.0481 e. The van der Waals surface area contributed by atoms with Gasteiger partial charge < -0.3 is 5.73 Å². The molecule has 1 aromatic rings. The van der Waals surface area contributed by atoms with Crippen LogP contribution in [0.3, 0.4) is 0 Å². The molecule has 0 aliphatic rings. The number of rotatable bonds is 2. The predicted octanol–water partition coefficient (Wildman–Crippen LogP) is 2.06. The highest BCUT2D eigenvalue weighted by Crippen LogP contribution is 2.09. The molecule has 1 heteroatoms. The fourth-order valence-corrected chi connectivity index (χ4v) is 0.940. The van der Waals surface area contributed by atoms with E-state index in [0.717, 1.165) is 5.56 Å². The second-order valence-corrected chi connectivity index (χ2v) is 2.38. The van der Waals surface area contributed by atoms with Gasteiger partial charge in [-0.2, -0.15) is 0 Å². The fourth-order valence-electron chi connectivity index (χ4n) is 0.940. The molecule has 0 heterocycles. The molecular formula is C10H12N. The van der Waals surface area contributed by atoms with Crippen molar-refractivity contribution in [3.05, 3.63) is 48.0 Å². The quantitative estimate of drug-likeness (QED) is 0.635. The number of benzene rings is 1. The minimum Gasteiger partial charge on any atom is -0.321 e. The summed E-state index contributed by atoms with van der Waals surface area (Å²) in [4.78, 5) is 0. The van der Waals surface area contributed by atoms with Gasteiger partial charge in [0, 0.05) is 6.04 Å². The van der Waals surface area contributed by atoms with Gasteiger partial charge in [0.2, 0.25) is 0 Å². The highest BCUT2D eigenvalue weighted by molar-refractivity contribution is 5.21. The molecule has 0 saturated carbocycles. The lowest BCUT2D eigenvalue weighted by molar-refractivity contribution is 0.909. The topological polar surface area (TPSA) is 26.0 Å². The van der Waals surface area contributed by atoms with E-state index in [1.807, 2.05) is 43.3 Å². The Bertz CT molecular complexity index is 226. The van der Waals surface area contributed by atoms with E-state index in [4.69, 9.17) is 5.73 Å². The molecule has 1 nitrogen and oxygen atoms in total. The number of nitrogens with two attached hydrogens (primary N) is 1. The lowest BCUT2D eigenvalue weighted by atomic mass is 10.1. The molecule has 0 aliphatic heterocycles. The molecule has 1 rings (SSSR count). The summed E-state index contributed by atoms with van der Waals surface area (Å²) >= 11 is 0. The van der Waals surface area contributed by atoms with Crippen LogP contribution in [0.15, 0.2) is 36.4 Å². The second kappa shape index (κ2) is 3.94. The summed E-state index contributed by atoms with van der Waals surface area (Å²) < 4.78 is 0. The molecule has 1 atom stereocenters. The number of allylic oxidation sites excluding steroid dienone is 1. The Balaban J connectivity index is 2.76. The maximum Gasteiger partial charge on any atom is 0.0481 e. The molecular weight excluding hydrogens is 134 g/mol. The Morgan fingerprint density at radius 3 is 2.64 bits per heavy atom. The zero-order valence-corrected chi connectivity index (χ0v) is 6.62. The van der Waals surface area contributed by atoms with Crippen LogP contribution in [0.5, 0.6) is 0 Å². The fraction of sp³-hybridized carbons (Fsp3) is 0.200. The van der Waals surface area contributed by atoms with Gasteiger partial charge in [0.1, 0.15) is 0 Å². The van der Waals surface area contributed by atoms with Gasteiger partial charge >= 0.3 is 0 Å². The van der Waals surface area contributed by atoms with E-state index in [2.05, 4.69) is 6.07 Å². The van der Waals surface area contributed by atoms with Crippen LogP contribution < -0.4 is 5.73 Å². The third kappa shape index (κ3) is 2.20. The minimum absolute atomic E-state index is 0.0228. The van der Waals surface area contributed by atoms with Gasteiger partial charge in [0.25, 0.3) is 0 Å². The van der Waals surface area contributed by atoms with Gasteiger partial charge in [0.05, 0.1) is 0 Å². The van der Waals surface area contributed by atoms with Crippen molar-refractivity contribution in [2.75, 3.05) is 0 Å². The van der Waals surface area contributed by atoms with Crippen molar-refractivity contribution in [3.8, 4) is 0 Å². The highest BCUT2D eigenvalue weighted by atomic mass is 14.6. The first-order chi connectivity index (χ1) is 5.34. The lowest BCUT2D eigenvalue weighted by Gasteiger charge is -2.04. The minimum atomic E-state index is 0.0228. The zero-order chi connectivity index (χ0) is 8.10. The van der Waals surface area contributed by atoms with Crippen LogP contribution in [0.4, 0.5) is 0 Å². The molecule has 57 valence electrons. The predicted molar refractivity (Wildman–Crippen MR) is 47.0 cm³/mol. The maximum atomic E-state index is 5.80. The van der Waals surface area contributed by atoms with E-state index < -0.39 is 0 Å². The van der Waals surface area contributed by atoms with Gasteiger partial charge in [-0.1, -0.05) is 36.4 Å². The Labute approximate surface area is 67.5 Å². The van der Waals surface area contributed by atoms with Crippen molar-refractivity contribution in [1.82, 2.24) is 0 Å². The first-order valence-electron chi connectivity index (χ1n) is 3.69. The SMILES string of the molecule is CC=CC(N)c1cc[c]cc1. The molecule has 0 aliphatic carbocycles. The standard InChI is InChI=1S/C10H12N/c1-2-6-10(11)9-7-4-3-5-8-9/h2,4-8,10H,11H2,1H3. The average molecular weight is 146 g/mol. The summed E-state index contributed by atoms with van der Waals surface area (Å²) in [6, 6.07) is 10.7. The van der Waals surface area contributed by atoms with Crippen LogP contribution in [0.1, 0.15) is 18.5 Å². The van der Waals surface area contributed by atoms with Crippen LogP contribution in [0.25, 0.3) is 0 Å². The monoisotopic (exact) mass is 146 g/mol. The average Bonchev–Trinajstić information content (AvgIpc) is 2.07. The first kappa shape index (κ1) is 8.02. The van der Waals surface area contributed by atoms with Crippen LogP contribution in [-0.2, 0) is 0 Å². The van der Waals surface area contributed by atoms with E-state index in [1.165, 1.54) is 0 Å². The third-order valence-electron chi connectivity index (χ3n) is 1.53. The molecule has 2 N–H and O–H groups in total. The van der Waals surface area contributed by atoms with E-state index >= 15 is 0 Å². The molecule has 1 aromatic carbocycles. The summed E-state index contributed by atoms with van der Waals surface area (Å²) in [6.45, 7) is 1.97. The maximum absolute atomic E-state index is 5.80. The van der Waals surface area contributed by atoms with Crippen LogP contribution in [0, 0.1) is 6.07 Å². The van der Waals surface area contributed by atoms with E-state index in [0.29, 0.717) is 0 Å². The Morgan fingerprint density at radius 2 is 2.09 bits per heavy atom. The molecule has 11 heavy (non-hydrogen) atoms. The van der Waals surface area contributed by atoms with Gasteiger partial charge in [-0.3, -0.25) is 0 Å². The van der Waals surface area contributed by atoms with Crippen molar-refractivity contribution in [2.24, 2.45) is 5.73 Å². The van der Waals surface area contributed by atoms with Crippen molar-refractivity contribution < 1.29 is 0 Å². The third-order valence-corrected chi connectivity index (χ3v) is 1.53. The number of hydrogen-bond donors (Lipinski definition) is 1. The van der Waals surface area contributed by atoms with Gasteiger partial charge in [0.15, 0.2) is 0 Å². The molecule has 0 bridgehead atoms.